The molecule has 1 heterocycles. The number of hydrogen-bond acceptors (Lipinski definition) is 3. The van der Waals surface area contributed by atoms with Crippen molar-refractivity contribution < 1.29 is 4.79 Å². The molecule has 1 N–H and O–H groups in total. The van der Waals surface area contributed by atoms with Gasteiger partial charge in [-0.2, -0.15) is 5.10 Å². The van der Waals surface area contributed by atoms with Gasteiger partial charge in [0.15, 0.2) is 5.96 Å². The molecule has 1 aliphatic rings. The largest absolute Gasteiger partial charge is 0.355 e. The van der Waals surface area contributed by atoms with E-state index in [4.69, 9.17) is 0 Å². The van der Waals surface area contributed by atoms with Gasteiger partial charge in [-0.3, -0.25) is 9.79 Å². The molecule has 8 heteroatoms. The Kier molecular flexibility index (Phi) is 8.69. The number of nitrogens with zero attached hydrogens (tertiary/aromatic N) is 5. The van der Waals surface area contributed by atoms with Gasteiger partial charge in [-0.1, -0.05) is 31.0 Å². The van der Waals surface area contributed by atoms with Crippen LogP contribution >= 0.6 is 24.0 Å². The average Bonchev–Trinajstić information content (AvgIpc) is 3.39. The Labute approximate surface area is 196 Å². The van der Waals surface area contributed by atoms with E-state index in [1.807, 2.05) is 68.6 Å². The molecular weight excluding hydrogens is 491 g/mol. The zero-order valence-corrected chi connectivity index (χ0v) is 20.7. The molecule has 164 valence electrons. The van der Waals surface area contributed by atoms with Crippen molar-refractivity contribution in [2.75, 3.05) is 34.7 Å². The van der Waals surface area contributed by atoms with E-state index in [0.717, 1.165) is 42.9 Å². The number of aliphatic imine (C=N–C) groups is 1. The topological polar surface area (TPSA) is 65.8 Å². The molecule has 0 unspecified atom stereocenters. The van der Waals surface area contributed by atoms with E-state index in [1.54, 1.807) is 11.9 Å². The number of rotatable bonds is 6. The standard InChI is InChI=1S/C22H32N6O.HI/c1-23-21(24-17-22(12-8-9-13-22)20(29)26(2)3)27(4)15-18-14-25-28(16-18)19-10-6-5-7-11-19;/h5-7,10-11,14,16H,8-9,12-13,15,17H2,1-4H3,(H,23,24);1H. The third-order valence-electron chi connectivity index (χ3n) is 5.66. The molecule has 0 aliphatic heterocycles. The minimum absolute atomic E-state index is 0. The van der Waals surface area contributed by atoms with Crippen LogP contribution in [-0.2, 0) is 11.3 Å². The summed E-state index contributed by atoms with van der Waals surface area (Å²) in [6.07, 6.45) is 7.99. The molecule has 1 fully saturated rings. The molecule has 1 aliphatic carbocycles. The van der Waals surface area contributed by atoms with Crippen LogP contribution in [0.15, 0.2) is 47.7 Å². The molecule has 0 radical (unpaired) electrons. The molecule has 0 saturated heterocycles. The van der Waals surface area contributed by atoms with E-state index in [9.17, 15) is 4.79 Å². The number of carbonyl (C=O) groups is 1. The summed E-state index contributed by atoms with van der Waals surface area (Å²) in [7, 11) is 7.47. The molecular formula is C22H33IN6O. The van der Waals surface area contributed by atoms with Crippen molar-refractivity contribution in [3.05, 3.63) is 48.3 Å². The number of guanidine groups is 1. The number of nitrogens with one attached hydrogen (secondary N) is 1. The van der Waals surface area contributed by atoms with Crippen molar-refractivity contribution in [2.24, 2.45) is 10.4 Å². The molecule has 3 rings (SSSR count). The summed E-state index contributed by atoms with van der Waals surface area (Å²) in [5, 5.41) is 7.91. The van der Waals surface area contributed by atoms with Crippen molar-refractivity contribution in [2.45, 2.75) is 32.2 Å². The molecule has 2 aromatic rings. The van der Waals surface area contributed by atoms with E-state index in [1.165, 1.54) is 0 Å². The van der Waals surface area contributed by atoms with Crippen LogP contribution < -0.4 is 5.32 Å². The van der Waals surface area contributed by atoms with Crippen molar-refractivity contribution in [1.29, 1.82) is 0 Å². The smallest absolute Gasteiger partial charge is 0.230 e. The average molecular weight is 524 g/mol. The fourth-order valence-electron chi connectivity index (χ4n) is 4.14. The van der Waals surface area contributed by atoms with Gasteiger partial charge in [-0.25, -0.2) is 4.68 Å². The number of carbonyl (C=O) groups excluding carboxylic acids is 1. The Morgan fingerprint density at radius 2 is 1.87 bits per heavy atom. The third-order valence-corrected chi connectivity index (χ3v) is 5.66. The lowest BCUT2D eigenvalue weighted by molar-refractivity contribution is -0.138. The maximum atomic E-state index is 12.8. The molecule has 1 aromatic carbocycles. The maximum absolute atomic E-state index is 12.8. The molecule has 0 bridgehead atoms. The molecule has 1 aromatic heterocycles. The highest BCUT2D eigenvalue weighted by Crippen LogP contribution is 2.38. The van der Waals surface area contributed by atoms with Gasteiger partial charge in [0.2, 0.25) is 5.91 Å². The van der Waals surface area contributed by atoms with Crippen LogP contribution in [0.1, 0.15) is 31.2 Å². The number of para-hydroxylation sites is 1. The summed E-state index contributed by atoms with van der Waals surface area (Å²) in [4.78, 5) is 21.0. The van der Waals surface area contributed by atoms with Gasteiger partial charge in [0.25, 0.3) is 0 Å². The number of hydrogen-bond donors (Lipinski definition) is 1. The highest BCUT2D eigenvalue weighted by molar-refractivity contribution is 14.0. The van der Waals surface area contributed by atoms with Gasteiger partial charge in [0, 0.05) is 53.0 Å². The van der Waals surface area contributed by atoms with Gasteiger partial charge >= 0.3 is 0 Å². The van der Waals surface area contributed by atoms with Crippen LogP contribution in [0.3, 0.4) is 0 Å². The Balaban J connectivity index is 0.00000320. The predicted octanol–water partition coefficient (Wildman–Crippen LogP) is 3.15. The number of amides is 1. The van der Waals surface area contributed by atoms with Crippen molar-refractivity contribution in [3.63, 3.8) is 0 Å². The maximum Gasteiger partial charge on any atom is 0.230 e. The Morgan fingerprint density at radius 1 is 1.20 bits per heavy atom. The van der Waals surface area contributed by atoms with Crippen LogP contribution in [0, 0.1) is 5.41 Å². The number of halogens is 1. The van der Waals surface area contributed by atoms with Crippen LogP contribution in [0.4, 0.5) is 0 Å². The van der Waals surface area contributed by atoms with E-state index < -0.39 is 0 Å². The number of benzene rings is 1. The summed E-state index contributed by atoms with van der Waals surface area (Å²) in [5.74, 6) is 1.00. The molecule has 30 heavy (non-hydrogen) atoms. The Hall–Kier alpha value is -2.10. The monoisotopic (exact) mass is 524 g/mol. The Morgan fingerprint density at radius 3 is 2.47 bits per heavy atom. The van der Waals surface area contributed by atoms with Crippen molar-refractivity contribution in [3.8, 4) is 5.69 Å². The Bertz CT molecular complexity index is 842. The predicted molar refractivity (Wildman–Crippen MR) is 131 cm³/mol. The highest BCUT2D eigenvalue weighted by atomic mass is 127. The summed E-state index contributed by atoms with van der Waals surface area (Å²) < 4.78 is 1.88. The lowest BCUT2D eigenvalue weighted by atomic mass is 9.84. The molecule has 1 amide bonds. The first kappa shape index (κ1) is 24.2. The molecule has 7 nitrogen and oxygen atoms in total. The molecule has 1 saturated carbocycles. The van der Waals surface area contributed by atoms with Gasteiger partial charge < -0.3 is 15.1 Å². The van der Waals surface area contributed by atoms with Crippen LogP contribution in [0.5, 0.6) is 0 Å². The molecule has 0 spiro atoms. The van der Waals surface area contributed by atoms with Crippen molar-refractivity contribution >= 4 is 35.8 Å². The van der Waals surface area contributed by atoms with Gasteiger partial charge in [0.05, 0.1) is 17.3 Å². The van der Waals surface area contributed by atoms with Gasteiger partial charge in [-0.05, 0) is 25.0 Å². The summed E-state index contributed by atoms with van der Waals surface area (Å²) in [6, 6.07) is 10.1. The minimum Gasteiger partial charge on any atom is -0.355 e. The minimum atomic E-state index is -0.321. The van der Waals surface area contributed by atoms with Gasteiger partial charge in [-0.15, -0.1) is 24.0 Å². The quantitative estimate of drug-likeness (QED) is 0.359. The van der Waals surface area contributed by atoms with E-state index in [-0.39, 0.29) is 35.3 Å². The first-order valence-corrected chi connectivity index (χ1v) is 10.2. The summed E-state index contributed by atoms with van der Waals surface area (Å²) >= 11 is 0. The SMILES string of the molecule is CN=C(NCC1(C(=O)N(C)C)CCCC1)N(C)Cc1cnn(-c2ccccc2)c1.I. The van der Waals surface area contributed by atoms with E-state index in [0.29, 0.717) is 13.1 Å². The second-order valence-corrected chi connectivity index (χ2v) is 8.07. The first-order valence-electron chi connectivity index (χ1n) is 10.2. The zero-order chi connectivity index (χ0) is 20.9. The highest BCUT2D eigenvalue weighted by Gasteiger charge is 2.42. The fraction of sp³-hybridized carbons (Fsp3) is 0.500. The second kappa shape index (κ2) is 10.8. The fourth-order valence-corrected chi connectivity index (χ4v) is 4.14. The first-order chi connectivity index (χ1) is 13.9. The lowest BCUT2D eigenvalue weighted by Crippen LogP contribution is -2.49. The van der Waals surface area contributed by atoms with E-state index >= 15 is 0 Å². The van der Waals surface area contributed by atoms with Crippen LogP contribution in [0.25, 0.3) is 5.69 Å². The molecule has 0 atom stereocenters. The van der Waals surface area contributed by atoms with E-state index in [2.05, 4.69) is 20.3 Å². The second-order valence-electron chi connectivity index (χ2n) is 8.07. The zero-order valence-electron chi connectivity index (χ0n) is 18.3. The summed E-state index contributed by atoms with van der Waals surface area (Å²) in [6.45, 7) is 1.30. The third kappa shape index (κ3) is 5.53. The van der Waals surface area contributed by atoms with Crippen LogP contribution in [0.2, 0.25) is 0 Å². The van der Waals surface area contributed by atoms with Crippen molar-refractivity contribution in [1.82, 2.24) is 24.9 Å². The van der Waals surface area contributed by atoms with Gasteiger partial charge in [0.1, 0.15) is 0 Å². The normalized spacial score (nSPS) is 15.4. The van der Waals surface area contributed by atoms with Crippen LogP contribution in [-0.4, -0.2) is 66.2 Å². The lowest BCUT2D eigenvalue weighted by Gasteiger charge is -2.32. The number of aromatic nitrogens is 2. The summed E-state index contributed by atoms with van der Waals surface area (Å²) in [5.41, 5.74) is 1.81.